The van der Waals surface area contributed by atoms with Gasteiger partial charge in [-0.05, 0) is 43.4 Å². The van der Waals surface area contributed by atoms with Crippen LogP contribution in [0.5, 0.6) is 0 Å². The van der Waals surface area contributed by atoms with Crippen molar-refractivity contribution in [2.24, 2.45) is 5.92 Å². The molecular weight excluding hydrogens is 360 g/mol. The minimum Gasteiger partial charge on any atom is -1.00 e. The molecule has 1 aliphatic carbocycles. The summed E-state index contributed by atoms with van der Waals surface area (Å²) in [5, 5.41) is 22.2. The first-order valence-electron chi connectivity index (χ1n) is 9.32. The van der Waals surface area contributed by atoms with Gasteiger partial charge in [0.25, 0.3) is 0 Å². The Hall–Kier alpha value is -0.603. The smallest absolute Gasteiger partial charge is 1.00 e. The van der Waals surface area contributed by atoms with Gasteiger partial charge >= 0.3 is 24.8 Å². The molecular formula is C19H31LiNO5P. The maximum absolute atomic E-state index is 12.4. The Morgan fingerprint density at radius 1 is 1.26 bits per heavy atom. The summed E-state index contributed by atoms with van der Waals surface area (Å²) >= 11 is 0. The topological polar surface area (TPSA) is 107 Å². The molecule has 2 rings (SSSR count). The Kier molecular flexibility index (Phi) is 10.3. The van der Waals surface area contributed by atoms with E-state index in [1.54, 1.807) is 24.3 Å². The SMILES string of the molecule is C[C@H](NC[C@@H](O)CP(=O)(O)CC1CCCCC1)c1ccc(C(=O)O)cc1.[H-].[Li+]. The summed E-state index contributed by atoms with van der Waals surface area (Å²) in [6.07, 6.45) is 4.86. The molecule has 8 heteroatoms. The summed E-state index contributed by atoms with van der Waals surface area (Å²) in [4.78, 5) is 21.1. The molecule has 1 unspecified atom stereocenters. The van der Waals surface area contributed by atoms with Gasteiger partial charge in [-0.2, -0.15) is 0 Å². The first kappa shape index (κ1) is 24.4. The molecule has 0 spiro atoms. The van der Waals surface area contributed by atoms with Crippen LogP contribution in [0.3, 0.4) is 0 Å². The Bertz CT molecular complexity index is 640. The van der Waals surface area contributed by atoms with Gasteiger partial charge in [0, 0.05) is 18.7 Å². The van der Waals surface area contributed by atoms with E-state index in [0.29, 0.717) is 12.1 Å². The number of aliphatic hydroxyl groups is 1. The van der Waals surface area contributed by atoms with Crippen molar-refractivity contribution in [2.75, 3.05) is 18.9 Å². The third-order valence-electron chi connectivity index (χ3n) is 5.08. The molecule has 0 radical (unpaired) electrons. The standard InChI is InChI=1S/C19H30NO5P.Li.H/c1-14(16-7-9-17(10-8-16)19(22)23)20-11-18(21)13-26(24,25)12-15-5-3-2-4-6-15;;/h7-10,14-15,18,20-21H,2-6,11-13H2,1H3,(H,22,23)(H,24,25);;/q;+1;-1/t14-,18+;;/m0../s1. The van der Waals surface area contributed by atoms with E-state index in [-0.39, 0.29) is 44.6 Å². The van der Waals surface area contributed by atoms with Crippen molar-refractivity contribution in [1.82, 2.24) is 5.32 Å². The molecule has 6 nitrogen and oxygen atoms in total. The number of aliphatic hydroxyl groups excluding tert-OH is 1. The van der Waals surface area contributed by atoms with Crippen LogP contribution in [0.1, 0.15) is 62.4 Å². The van der Waals surface area contributed by atoms with Gasteiger partial charge < -0.3 is 21.8 Å². The van der Waals surface area contributed by atoms with Crippen LogP contribution >= 0.6 is 7.37 Å². The Balaban J connectivity index is 0.00000364. The van der Waals surface area contributed by atoms with Crippen LogP contribution in [0.25, 0.3) is 0 Å². The maximum Gasteiger partial charge on any atom is 1.00 e. The van der Waals surface area contributed by atoms with Gasteiger partial charge in [0.2, 0.25) is 7.37 Å². The summed E-state index contributed by atoms with van der Waals surface area (Å²) in [5.41, 5.74) is 1.13. The van der Waals surface area contributed by atoms with Crippen LogP contribution < -0.4 is 24.2 Å². The average Bonchev–Trinajstić information content (AvgIpc) is 2.59. The van der Waals surface area contributed by atoms with E-state index in [2.05, 4.69) is 5.32 Å². The molecule has 0 aliphatic heterocycles. The van der Waals surface area contributed by atoms with E-state index >= 15 is 0 Å². The molecule has 0 aromatic heterocycles. The monoisotopic (exact) mass is 391 g/mol. The minimum absolute atomic E-state index is 0. The number of hydrogen-bond donors (Lipinski definition) is 4. The molecule has 1 aliphatic rings. The first-order chi connectivity index (χ1) is 12.3. The largest absolute Gasteiger partial charge is 1.00 e. The normalized spacial score (nSPS) is 19.5. The fraction of sp³-hybridized carbons (Fsp3) is 0.632. The molecule has 0 heterocycles. The van der Waals surface area contributed by atoms with E-state index < -0.39 is 19.4 Å². The van der Waals surface area contributed by atoms with Gasteiger partial charge in [-0.3, -0.25) is 4.57 Å². The van der Waals surface area contributed by atoms with E-state index in [4.69, 9.17) is 5.11 Å². The summed E-state index contributed by atoms with van der Waals surface area (Å²) in [6.45, 7) is 2.13. The number of rotatable bonds is 9. The van der Waals surface area contributed by atoms with Crippen LogP contribution in [0.15, 0.2) is 24.3 Å². The average molecular weight is 391 g/mol. The zero-order valence-electron chi connectivity index (χ0n) is 17.3. The van der Waals surface area contributed by atoms with E-state index in [0.717, 1.165) is 31.2 Å². The van der Waals surface area contributed by atoms with Crippen molar-refractivity contribution in [3.05, 3.63) is 35.4 Å². The van der Waals surface area contributed by atoms with Crippen LogP contribution in [0.2, 0.25) is 0 Å². The summed E-state index contributed by atoms with van der Waals surface area (Å²) < 4.78 is 12.4. The van der Waals surface area contributed by atoms with Gasteiger partial charge in [-0.1, -0.05) is 31.4 Å². The van der Waals surface area contributed by atoms with E-state index in [1.807, 2.05) is 6.92 Å². The maximum atomic E-state index is 12.4. The number of hydrogen-bond acceptors (Lipinski definition) is 4. The zero-order valence-corrected chi connectivity index (χ0v) is 17.2. The van der Waals surface area contributed by atoms with Crippen molar-refractivity contribution in [3.63, 3.8) is 0 Å². The second kappa shape index (κ2) is 11.4. The first-order valence-corrected chi connectivity index (χ1v) is 11.4. The van der Waals surface area contributed by atoms with Crippen molar-refractivity contribution in [3.8, 4) is 0 Å². The quantitative estimate of drug-likeness (QED) is 0.358. The minimum atomic E-state index is -3.32. The predicted octanol–water partition coefficient (Wildman–Crippen LogP) is 0.364. The number of carbonyl (C=O) groups is 1. The van der Waals surface area contributed by atoms with Crippen molar-refractivity contribution >= 4 is 13.3 Å². The Morgan fingerprint density at radius 2 is 1.85 bits per heavy atom. The molecule has 0 saturated heterocycles. The van der Waals surface area contributed by atoms with Gasteiger partial charge in [-0.15, -0.1) is 0 Å². The van der Waals surface area contributed by atoms with Gasteiger partial charge in [0.15, 0.2) is 0 Å². The number of nitrogens with one attached hydrogen (secondary N) is 1. The van der Waals surface area contributed by atoms with Gasteiger partial charge in [0.05, 0.1) is 17.8 Å². The molecule has 1 aromatic carbocycles. The molecule has 0 bridgehead atoms. The van der Waals surface area contributed by atoms with E-state index in [1.165, 1.54) is 6.42 Å². The van der Waals surface area contributed by atoms with Crippen molar-refractivity contribution < 1.29 is 44.8 Å². The molecule has 4 N–H and O–H groups in total. The molecule has 1 aromatic rings. The van der Waals surface area contributed by atoms with Crippen LogP contribution in [-0.2, 0) is 4.57 Å². The third-order valence-corrected chi connectivity index (χ3v) is 7.16. The summed E-state index contributed by atoms with van der Waals surface area (Å²) in [5.74, 6) is -0.657. The molecule has 0 amide bonds. The number of aromatic carboxylic acids is 1. The van der Waals surface area contributed by atoms with Crippen molar-refractivity contribution in [2.45, 2.75) is 51.2 Å². The second-order valence-electron chi connectivity index (χ2n) is 7.43. The zero-order chi connectivity index (χ0) is 19.2. The fourth-order valence-corrected chi connectivity index (χ4v) is 5.70. The summed E-state index contributed by atoms with van der Waals surface area (Å²) in [6, 6.07) is 6.45. The van der Waals surface area contributed by atoms with E-state index in [9.17, 15) is 19.4 Å². The summed E-state index contributed by atoms with van der Waals surface area (Å²) in [7, 11) is -3.32. The number of carboxylic acid groups (broad SMARTS) is 1. The third kappa shape index (κ3) is 8.52. The Morgan fingerprint density at radius 3 is 2.41 bits per heavy atom. The van der Waals surface area contributed by atoms with Crippen LogP contribution in [-0.4, -0.2) is 46.0 Å². The molecule has 148 valence electrons. The number of carboxylic acids is 1. The van der Waals surface area contributed by atoms with Crippen LogP contribution in [0.4, 0.5) is 0 Å². The van der Waals surface area contributed by atoms with Crippen molar-refractivity contribution in [1.29, 1.82) is 0 Å². The predicted molar refractivity (Wildman–Crippen MR) is 103 cm³/mol. The van der Waals surface area contributed by atoms with Crippen LogP contribution in [0, 0.1) is 5.92 Å². The van der Waals surface area contributed by atoms with Gasteiger partial charge in [-0.25, -0.2) is 4.79 Å². The fourth-order valence-electron chi connectivity index (χ4n) is 3.59. The molecule has 1 fully saturated rings. The molecule has 3 atom stereocenters. The number of benzene rings is 1. The second-order valence-corrected chi connectivity index (χ2v) is 9.85. The molecule has 27 heavy (non-hydrogen) atoms. The van der Waals surface area contributed by atoms with Gasteiger partial charge in [0.1, 0.15) is 0 Å². The Labute approximate surface area is 174 Å². The molecule has 1 saturated carbocycles.